The average molecular weight is 223 g/mol. The third kappa shape index (κ3) is 80.6. The predicted octanol–water partition coefficient (Wildman–Crippen LogP) is 7.18. The van der Waals surface area contributed by atoms with Crippen LogP contribution in [0.3, 0.4) is 0 Å². The van der Waals surface area contributed by atoms with Crippen molar-refractivity contribution in [3.63, 3.8) is 0 Å². The van der Waals surface area contributed by atoms with E-state index in [0.717, 1.165) is 5.92 Å². The largest absolute Gasteiger partial charge is 0.0776 e. The lowest BCUT2D eigenvalue weighted by molar-refractivity contribution is 0.576. The van der Waals surface area contributed by atoms with Gasteiger partial charge in [0, 0.05) is 0 Å². The summed E-state index contributed by atoms with van der Waals surface area (Å²) in [5.74, 6) is 0.898. The van der Waals surface area contributed by atoms with Gasteiger partial charge in [-0.2, -0.15) is 0 Å². The Labute approximate surface area is 103 Å². The molecule has 0 atom stereocenters. The molecule has 102 valence electrons. The molecule has 0 spiro atoms. The van der Waals surface area contributed by atoms with Crippen molar-refractivity contribution in [2.24, 2.45) is 5.92 Å². The normalized spacial score (nSPS) is 6.80. The molecule has 0 heterocycles. The highest BCUT2D eigenvalue weighted by Gasteiger charge is 1.85. The van der Waals surface area contributed by atoms with E-state index in [-0.39, 0.29) is 29.7 Å². The zero-order valence-corrected chi connectivity index (χ0v) is 9.11. The predicted molar refractivity (Wildman–Crippen MR) is 81.9 cm³/mol. The van der Waals surface area contributed by atoms with E-state index in [4.69, 9.17) is 0 Å². The smallest absolute Gasteiger partial charge is 0.0471 e. The summed E-state index contributed by atoms with van der Waals surface area (Å²) in [6.45, 7) is 11.2. The fourth-order valence-electron chi connectivity index (χ4n) is 0.931. The van der Waals surface area contributed by atoms with E-state index in [1.807, 2.05) is 0 Å². The van der Waals surface area contributed by atoms with E-state index in [2.05, 4.69) is 34.6 Å². The van der Waals surface area contributed by atoms with Crippen molar-refractivity contribution in [2.75, 3.05) is 0 Å². The van der Waals surface area contributed by atoms with Crippen LogP contribution in [-0.2, 0) is 0 Å². The Bertz CT molecular complexity index is 44.0. The molecule has 0 aromatic heterocycles. The summed E-state index contributed by atoms with van der Waals surface area (Å²) in [5.41, 5.74) is 0. The molecule has 0 aromatic carbocycles. The Hall–Kier alpha value is 0. The minimum absolute atomic E-state index is 0. The first-order valence-corrected chi connectivity index (χ1v) is 5.18. The average Bonchev–Trinajstić information content (AvgIpc) is 1.90. The number of unbranched alkanes of at least 4 members (excludes halogenated alkanes) is 2. The maximum atomic E-state index is 2.25. The quantitative estimate of drug-likeness (QED) is 0.472. The highest BCUT2D eigenvalue weighted by Crippen LogP contribution is 2.00. The maximum Gasteiger partial charge on any atom is -0.0471 e. The van der Waals surface area contributed by atoms with Crippen molar-refractivity contribution in [2.45, 2.75) is 96.4 Å². The first-order chi connectivity index (χ1) is 5.18. The Morgan fingerprint density at radius 1 is 0.667 bits per heavy atom. The minimum atomic E-state index is 0. The zero-order chi connectivity index (χ0) is 9.11. The first kappa shape index (κ1) is 36.3. The van der Waals surface area contributed by atoms with Crippen molar-refractivity contribution in [3.05, 3.63) is 0 Å². The third-order valence-corrected chi connectivity index (χ3v) is 1.57. The second-order valence-electron chi connectivity index (χ2n) is 3.54. The van der Waals surface area contributed by atoms with Crippen molar-refractivity contribution < 1.29 is 0 Å². The molecule has 0 aliphatic rings. The first-order valence-electron chi connectivity index (χ1n) is 5.18. The molecule has 0 N–H and O–H groups in total. The summed E-state index contributed by atoms with van der Waals surface area (Å²) in [6, 6.07) is 0. The lowest BCUT2D eigenvalue weighted by Gasteiger charge is -1.95. The SMILES string of the molecule is C.C.C.C.CCCC(C)C.CCCCC. The van der Waals surface area contributed by atoms with Crippen LogP contribution in [0.25, 0.3) is 0 Å². The molecular weight excluding hydrogens is 180 g/mol. The van der Waals surface area contributed by atoms with E-state index in [0.29, 0.717) is 0 Å². The molecule has 0 fully saturated rings. The molecule has 0 nitrogen and oxygen atoms in total. The van der Waals surface area contributed by atoms with Gasteiger partial charge >= 0.3 is 0 Å². The third-order valence-electron chi connectivity index (χ3n) is 1.57. The molecule has 0 bridgehead atoms. The molecular formula is C15H42. The van der Waals surface area contributed by atoms with E-state index in [1.165, 1.54) is 32.1 Å². The van der Waals surface area contributed by atoms with E-state index < -0.39 is 0 Å². The molecule has 0 saturated heterocycles. The summed E-state index contributed by atoms with van der Waals surface area (Å²) in [6.07, 6.45) is 6.78. The Balaban J connectivity index is -0.0000000215. The zero-order valence-electron chi connectivity index (χ0n) is 9.11. The van der Waals surface area contributed by atoms with E-state index in [9.17, 15) is 0 Å². The highest BCUT2D eigenvalue weighted by molar-refractivity contribution is 4.38. The fourth-order valence-corrected chi connectivity index (χ4v) is 0.931. The molecule has 0 aliphatic heterocycles. The van der Waals surface area contributed by atoms with Crippen LogP contribution in [0.2, 0.25) is 0 Å². The van der Waals surface area contributed by atoms with Crippen molar-refractivity contribution in [1.82, 2.24) is 0 Å². The number of hydrogen-bond donors (Lipinski definition) is 0. The van der Waals surface area contributed by atoms with Gasteiger partial charge in [-0.1, -0.05) is 96.4 Å². The lowest BCUT2D eigenvalue weighted by atomic mass is 10.1. The molecule has 0 saturated carbocycles. The summed E-state index contributed by atoms with van der Waals surface area (Å²) >= 11 is 0. The molecule has 15 heavy (non-hydrogen) atoms. The standard InChI is InChI=1S/C6H14.C5H12.4CH4/c1-4-5-6(2)3;1-3-5-4-2;;;;/h6H,4-5H2,1-3H3;3-5H2,1-2H3;4*1H4. The van der Waals surface area contributed by atoms with Gasteiger partial charge in [-0.25, -0.2) is 0 Å². The van der Waals surface area contributed by atoms with Crippen molar-refractivity contribution in [3.8, 4) is 0 Å². The van der Waals surface area contributed by atoms with Crippen LogP contribution in [0.5, 0.6) is 0 Å². The van der Waals surface area contributed by atoms with Crippen LogP contribution in [0.1, 0.15) is 96.4 Å². The summed E-state index contributed by atoms with van der Waals surface area (Å²) in [5, 5.41) is 0. The minimum Gasteiger partial charge on any atom is -0.0776 e. The second kappa shape index (κ2) is 37.0. The van der Waals surface area contributed by atoms with E-state index >= 15 is 0 Å². The van der Waals surface area contributed by atoms with Crippen LogP contribution < -0.4 is 0 Å². The van der Waals surface area contributed by atoms with Gasteiger partial charge in [0.1, 0.15) is 0 Å². The number of rotatable bonds is 4. The molecule has 0 rings (SSSR count). The Morgan fingerprint density at radius 2 is 1.00 bits per heavy atom. The highest BCUT2D eigenvalue weighted by atomic mass is 13.9. The van der Waals surface area contributed by atoms with Gasteiger partial charge in [-0.3, -0.25) is 0 Å². The topological polar surface area (TPSA) is 0 Å². The maximum absolute atomic E-state index is 2.25. The summed E-state index contributed by atoms with van der Waals surface area (Å²) in [4.78, 5) is 0. The molecule has 0 aliphatic carbocycles. The summed E-state index contributed by atoms with van der Waals surface area (Å²) < 4.78 is 0. The fraction of sp³-hybridized carbons (Fsp3) is 1.00. The molecule has 0 unspecified atom stereocenters. The van der Waals surface area contributed by atoms with Gasteiger partial charge < -0.3 is 0 Å². The Morgan fingerprint density at radius 3 is 1.00 bits per heavy atom. The second-order valence-corrected chi connectivity index (χ2v) is 3.54. The summed E-state index contributed by atoms with van der Waals surface area (Å²) in [7, 11) is 0. The van der Waals surface area contributed by atoms with Crippen LogP contribution in [0.15, 0.2) is 0 Å². The van der Waals surface area contributed by atoms with Gasteiger partial charge in [0.25, 0.3) is 0 Å². The van der Waals surface area contributed by atoms with Gasteiger partial charge in [0.15, 0.2) is 0 Å². The van der Waals surface area contributed by atoms with Gasteiger partial charge in [0.2, 0.25) is 0 Å². The van der Waals surface area contributed by atoms with Gasteiger partial charge in [0.05, 0.1) is 0 Å². The van der Waals surface area contributed by atoms with Gasteiger partial charge in [-0.15, -0.1) is 0 Å². The van der Waals surface area contributed by atoms with Crippen molar-refractivity contribution >= 4 is 0 Å². The van der Waals surface area contributed by atoms with E-state index in [1.54, 1.807) is 0 Å². The van der Waals surface area contributed by atoms with Gasteiger partial charge in [-0.05, 0) is 5.92 Å². The molecule has 0 amide bonds. The van der Waals surface area contributed by atoms with Crippen LogP contribution >= 0.6 is 0 Å². The molecule has 0 aromatic rings. The lowest BCUT2D eigenvalue weighted by Crippen LogP contribution is -1.81. The van der Waals surface area contributed by atoms with Crippen LogP contribution in [-0.4, -0.2) is 0 Å². The monoisotopic (exact) mass is 222 g/mol. The van der Waals surface area contributed by atoms with Crippen LogP contribution in [0.4, 0.5) is 0 Å². The Kier molecular flexibility index (Phi) is 89.5. The number of hydrogen-bond acceptors (Lipinski definition) is 0. The van der Waals surface area contributed by atoms with Crippen LogP contribution in [0, 0.1) is 5.92 Å². The van der Waals surface area contributed by atoms with Crippen molar-refractivity contribution in [1.29, 1.82) is 0 Å². The molecule has 0 heteroatoms. The molecule has 0 radical (unpaired) electrons.